The van der Waals surface area contributed by atoms with Gasteiger partial charge in [0.2, 0.25) is 0 Å². The molecule has 20 heavy (non-hydrogen) atoms. The molecule has 0 bridgehead atoms. The van der Waals surface area contributed by atoms with Crippen molar-refractivity contribution in [3.8, 4) is 11.8 Å². The molecular weight excluding hydrogens is 276 g/mol. The Kier molecular flexibility index (Phi) is 5.28. The fourth-order valence-corrected chi connectivity index (χ4v) is 2.33. The maximum Gasteiger partial charge on any atom is 0.321 e. The van der Waals surface area contributed by atoms with Gasteiger partial charge in [0, 0.05) is 23.7 Å². The fraction of sp³-hybridized carbons (Fsp3) is 0.400. The fourth-order valence-electron chi connectivity index (χ4n) is 2.15. The topological polar surface area (TPSA) is 52.6 Å². The molecule has 0 spiro atoms. The minimum atomic E-state index is -0.220. The summed E-state index contributed by atoms with van der Waals surface area (Å²) in [5.74, 6) is 5.38. The van der Waals surface area contributed by atoms with Crippen molar-refractivity contribution < 1.29 is 9.90 Å². The minimum Gasteiger partial charge on any atom is -0.384 e. The zero-order valence-electron chi connectivity index (χ0n) is 11.2. The highest BCUT2D eigenvalue weighted by atomic mass is 35.5. The average Bonchev–Trinajstić information content (AvgIpc) is 2.47. The van der Waals surface area contributed by atoms with E-state index in [9.17, 15) is 4.79 Å². The van der Waals surface area contributed by atoms with Crippen molar-refractivity contribution in [2.75, 3.05) is 25.0 Å². The van der Waals surface area contributed by atoms with Crippen molar-refractivity contribution >= 4 is 23.3 Å². The van der Waals surface area contributed by atoms with Crippen LogP contribution in [-0.2, 0) is 0 Å². The van der Waals surface area contributed by atoms with Gasteiger partial charge in [-0.15, -0.1) is 0 Å². The monoisotopic (exact) mass is 292 g/mol. The van der Waals surface area contributed by atoms with Crippen LogP contribution in [0.15, 0.2) is 18.2 Å². The number of rotatable bonds is 1. The SMILES string of the molecule is O=C(Nc1cc(Cl)ccc1C#CCO)N1CCCCC1. The molecule has 2 amide bonds. The van der Waals surface area contributed by atoms with E-state index in [-0.39, 0.29) is 12.6 Å². The lowest BCUT2D eigenvalue weighted by Gasteiger charge is -2.27. The van der Waals surface area contributed by atoms with E-state index < -0.39 is 0 Å². The number of urea groups is 1. The predicted octanol–water partition coefficient (Wildman–Crippen LogP) is 2.70. The van der Waals surface area contributed by atoms with Gasteiger partial charge in [-0.2, -0.15) is 0 Å². The van der Waals surface area contributed by atoms with E-state index in [4.69, 9.17) is 16.7 Å². The Morgan fingerprint density at radius 3 is 2.80 bits per heavy atom. The average molecular weight is 293 g/mol. The molecule has 1 fully saturated rings. The number of benzene rings is 1. The van der Waals surface area contributed by atoms with Crippen LogP contribution < -0.4 is 5.32 Å². The third-order valence-corrected chi connectivity index (χ3v) is 3.40. The highest BCUT2D eigenvalue weighted by molar-refractivity contribution is 6.31. The number of aliphatic hydroxyl groups is 1. The number of amides is 2. The number of carbonyl (C=O) groups is 1. The molecule has 106 valence electrons. The number of halogens is 1. The van der Waals surface area contributed by atoms with E-state index >= 15 is 0 Å². The number of hydrogen-bond acceptors (Lipinski definition) is 2. The van der Waals surface area contributed by atoms with Crippen LogP contribution in [0.5, 0.6) is 0 Å². The summed E-state index contributed by atoms with van der Waals surface area (Å²) in [4.78, 5) is 14.0. The molecule has 0 saturated carbocycles. The van der Waals surface area contributed by atoms with Gasteiger partial charge in [0.05, 0.1) is 5.69 Å². The molecule has 1 aliphatic rings. The molecule has 1 heterocycles. The van der Waals surface area contributed by atoms with Gasteiger partial charge in [0.25, 0.3) is 0 Å². The number of nitrogens with zero attached hydrogens (tertiary/aromatic N) is 1. The van der Waals surface area contributed by atoms with Crippen molar-refractivity contribution in [1.29, 1.82) is 0 Å². The standard InChI is InChI=1S/C15H17ClN2O2/c16-13-7-6-12(5-4-10-19)14(11-13)17-15(20)18-8-2-1-3-9-18/h6-7,11,19H,1-3,8-10H2,(H,17,20). The smallest absolute Gasteiger partial charge is 0.321 e. The molecule has 2 N–H and O–H groups in total. The van der Waals surface area contributed by atoms with E-state index in [2.05, 4.69) is 17.2 Å². The predicted molar refractivity (Wildman–Crippen MR) is 79.9 cm³/mol. The quantitative estimate of drug-likeness (QED) is 0.782. The summed E-state index contributed by atoms with van der Waals surface area (Å²) in [5.41, 5.74) is 1.22. The largest absolute Gasteiger partial charge is 0.384 e. The maximum atomic E-state index is 12.2. The second kappa shape index (κ2) is 7.18. The zero-order chi connectivity index (χ0) is 14.4. The summed E-state index contributed by atoms with van der Waals surface area (Å²) in [6, 6.07) is 4.99. The summed E-state index contributed by atoms with van der Waals surface area (Å²) in [6.07, 6.45) is 3.26. The molecule has 1 aliphatic heterocycles. The van der Waals surface area contributed by atoms with Gasteiger partial charge in [-0.25, -0.2) is 4.79 Å². The molecule has 1 saturated heterocycles. The zero-order valence-corrected chi connectivity index (χ0v) is 11.9. The molecule has 4 nitrogen and oxygen atoms in total. The summed E-state index contributed by atoms with van der Waals surface area (Å²) >= 11 is 5.96. The lowest BCUT2D eigenvalue weighted by Crippen LogP contribution is -2.38. The number of piperidine rings is 1. The van der Waals surface area contributed by atoms with Gasteiger partial charge in [0.15, 0.2) is 0 Å². The molecule has 0 radical (unpaired) electrons. The van der Waals surface area contributed by atoms with Gasteiger partial charge in [0.1, 0.15) is 6.61 Å². The van der Waals surface area contributed by atoms with Crippen molar-refractivity contribution in [2.45, 2.75) is 19.3 Å². The number of nitrogens with one attached hydrogen (secondary N) is 1. The van der Waals surface area contributed by atoms with Gasteiger partial charge in [-0.05, 0) is 37.5 Å². The van der Waals surface area contributed by atoms with E-state index in [0.29, 0.717) is 16.3 Å². The second-order valence-electron chi connectivity index (χ2n) is 4.63. The summed E-state index contributed by atoms with van der Waals surface area (Å²) in [6.45, 7) is 1.34. The highest BCUT2D eigenvalue weighted by Gasteiger charge is 2.17. The van der Waals surface area contributed by atoms with E-state index in [1.165, 1.54) is 6.42 Å². The normalized spacial score (nSPS) is 14.4. The number of hydrogen-bond donors (Lipinski definition) is 2. The van der Waals surface area contributed by atoms with Crippen LogP contribution in [-0.4, -0.2) is 35.7 Å². The Morgan fingerprint density at radius 1 is 1.35 bits per heavy atom. The summed E-state index contributed by atoms with van der Waals surface area (Å²) in [7, 11) is 0. The first kappa shape index (κ1) is 14.7. The molecule has 2 rings (SSSR count). The Balaban J connectivity index is 2.14. The second-order valence-corrected chi connectivity index (χ2v) is 5.06. The van der Waals surface area contributed by atoms with E-state index in [1.807, 2.05) is 0 Å². The van der Waals surface area contributed by atoms with Crippen LogP contribution in [0.1, 0.15) is 24.8 Å². The Hall–Kier alpha value is -1.70. The number of carbonyl (C=O) groups excluding carboxylic acids is 1. The maximum absolute atomic E-state index is 12.2. The minimum absolute atomic E-state index is 0.126. The molecule has 0 aliphatic carbocycles. The van der Waals surface area contributed by atoms with Crippen LogP contribution in [0, 0.1) is 11.8 Å². The van der Waals surface area contributed by atoms with E-state index in [0.717, 1.165) is 25.9 Å². The van der Waals surface area contributed by atoms with Gasteiger partial charge < -0.3 is 15.3 Å². The first-order chi connectivity index (χ1) is 9.70. The molecule has 1 aromatic rings. The lowest BCUT2D eigenvalue weighted by atomic mass is 10.1. The number of anilines is 1. The third-order valence-electron chi connectivity index (χ3n) is 3.17. The highest BCUT2D eigenvalue weighted by Crippen LogP contribution is 2.21. The molecule has 1 aromatic carbocycles. The third kappa shape index (κ3) is 3.89. The van der Waals surface area contributed by atoms with Crippen LogP contribution in [0.3, 0.4) is 0 Å². The van der Waals surface area contributed by atoms with E-state index in [1.54, 1.807) is 23.1 Å². The molecule has 0 aromatic heterocycles. The Labute approximate surface area is 123 Å². The Morgan fingerprint density at radius 2 is 2.10 bits per heavy atom. The van der Waals surface area contributed by atoms with Crippen molar-refractivity contribution in [3.05, 3.63) is 28.8 Å². The summed E-state index contributed by atoms with van der Waals surface area (Å²) in [5, 5.41) is 12.1. The lowest BCUT2D eigenvalue weighted by molar-refractivity contribution is 0.200. The summed E-state index contributed by atoms with van der Waals surface area (Å²) < 4.78 is 0. The van der Waals surface area contributed by atoms with Crippen LogP contribution in [0.25, 0.3) is 0 Å². The molecule has 5 heteroatoms. The van der Waals surface area contributed by atoms with Gasteiger partial charge in [-0.3, -0.25) is 0 Å². The van der Waals surface area contributed by atoms with Crippen molar-refractivity contribution in [2.24, 2.45) is 0 Å². The van der Waals surface area contributed by atoms with Gasteiger partial charge >= 0.3 is 6.03 Å². The Bertz CT molecular complexity index is 543. The van der Waals surface area contributed by atoms with Crippen molar-refractivity contribution in [3.63, 3.8) is 0 Å². The molecular formula is C15H17ClN2O2. The first-order valence-electron chi connectivity index (χ1n) is 6.66. The number of aliphatic hydroxyl groups excluding tert-OH is 1. The molecule has 0 atom stereocenters. The van der Waals surface area contributed by atoms with Crippen molar-refractivity contribution in [1.82, 2.24) is 4.90 Å². The van der Waals surface area contributed by atoms with Crippen LogP contribution in [0.2, 0.25) is 5.02 Å². The first-order valence-corrected chi connectivity index (χ1v) is 7.03. The molecule has 0 unspecified atom stereocenters. The van der Waals surface area contributed by atoms with Gasteiger partial charge in [-0.1, -0.05) is 23.4 Å². The number of likely N-dealkylation sites (tertiary alicyclic amines) is 1. The van der Waals surface area contributed by atoms with Crippen LogP contribution >= 0.6 is 11.6 Å². The van der Waals surface area contributed by atoms with Crippen LogP contribution in [0.4, 0.5) is 10.5 Å².